The van der Waals surface area contributed by atoms with Crippen LogP contribution in [-0.2, 0) is 15.8 Å². The molecule has 2 aromatic carbocycles. The number of anilines is 2. The van der Waals surface area contributed by atoms with Gasteiger partial charge in [-0.15, -0.1) is 0 Å². The summed E-state index contributed by atoms with van der Waals surface area (Å²) in [4.78, 5) is 25.7. The lowest BCUT2D eigenvalue weighted by molar-refractivity contribution is -0.137. The van der Waals surface area contributed by atoms with Gasteiger partial charge in [0.1, 0.15) is 5.75 Å². The lowest BCUT2D eigenvalue weighted by atomic mass is 10.1. The summed E-state index contributed by atoms with van der Waals surface area (Å²) >= 11 is 0. The van der Waals surface area contributed by atoms with Crippen LogP contribution in [0, 0.1) is 0 Å². The van der Waals surface area contributed by atoms with Gasteiger partial charge in [-0.3, -0.25) is 9.59 Å². The standard InChI is InChI=1S/C22H19F3N4O3/c23-22(24,25)18-13-16(29-12-2-10-26-29)6-9-19(18)27-20(30)14-32-17-7-4-15(5-8-17)28-11-1-3-21(28)31/h2,4-10,12-13H,1,3,11,14H2,(H,27,30). The molecule has 32 heavy (non-hydrogen) atoms. The molecule has 1 aromatic heterocycles. The summed E-state index contributed by atoms with van der Waals surface area (Å²) in [7, 11) is 0. The maximum Gasteiger partial charge on any atom is 0.418 e. The molecule has 3 aromatic rings. The van der Waals surface area contributed by atoms with Gasteiger partial charge in [0.25, 0.3) is 5.91 Å². The van der Waals surface area contributed by atoms with Crippen LogP contribution in [0.5, 0.6) is 5.75 Å². The van der Waals surface area contributed by atoms with Crippen molar-refractivity contribution in [3.63, 3.8) is 0 Å². The molecule has 1 aliphatic rings. The van der Waals surface area contributed by atoms with Crippen molar-refractivity contribution in [3.8, 4) is 11.4 Å². The normalized spacial score (nSPS) is 14.0. The molecule has 2 amide bonds. The zero-order valence-electron chi connectivity index (χ0n) is 16.8. The summed E-state index contributed by atoms with van der Waals surface area (Å²) in [6, 6.07) is 11.7. The Kier molecular flexibility index (Phi) is 5.85. The van der Waals surface area contributed by atoms with Crippen LogP contribution in [-0.4, -0.2) is 34.7 Å². The van der Waals surface area contributed by atoms with Crippen LogP contribution < -0.4 is 15.0 Å². The van der Waals surface area contributed by atoms with E-state index in [1.165, 1.54) is 29.2 Å². The van der Waals surface area contributed by atoms with E-state index in [1.54, 1.807) is 35.2 Å². The van der Waals surface area contributed by atoms with E-state index in [2.05, 4.69) is 10.4 Å². The second kappa shape index (κ2) is 8.74. The van der Waals surface area contributed by atoms with Gasteiger partial charge in [0.15, 0.2) is 6.61 Å². The van der Waals surface area contributed by atoms with Crippen LogP contribution in [0.25, 0.3) is 5.69 Å². The molecule has 10 heteroatoms. The molecule has 1 saturated heterocycles. The molecule has 0 radical (unpaired) electrons. The third-order valence-electron chi connectivity index (χ3n) is 4.94. The lowest BCUT2D eigenvalue weighted by Gasteiger charge is -2.17. The minimum Gasteiger partial charge on any atom is -0.484 e. The molecule has 0 unspecified atom stereocenters. The van der Waals surface area contributed by atoms with Crippen LogP contribution in [0.3, 0.4) is 0 Å². The maximum absolute atomic E-state index is 13.5. The van der Waals surface area contributed by atoms with E-state index in [1.807, 2.05) is 0 Å². The number of halogens is 3. The topological polar surface area (TPSA) is 76.5 Å². The minimum atomic E-state index is -4.67. The van der Waals surface area contributed by atoms with E-state index < -0.39 is 24.3 Å². The first kappa shape index (κ1) is 21.4. The molecule has 0 atom stereocenters. The molecule has 4 rings (SSSR count). The van der Waals surface area contributed by atoms with Crippen molar-refractivity contribution in [1.82, 2.24) is 9.78 Å². The number of hydrogen-bond donors (Lipinski definition) is 1. The van der Waals surface area contributed by atoms with Gasteiger partial charge in [0.05, 0.1) is 16.9 Å². The molecule has 1 N–H and O–H groups in total. The Hall–Kier alpha value is -3.82. The fourth-order valence-corrected chi connectivity index (χ4v) is 3.42. The minimum absolute atomic E-state index is 0.0529. The van der Waals surface area contributed by atoms with Crippen molar-refractivity contribution < 1.29 is 27.5 Å². The first-order chi connectivity index (χ1) is 15.3. The maximum atomic E-state index is 13.5. The smallest absolute Gasteiger partial charge is 0.418 e. The summed E-state index contributed by atoms with van der Waals surface area (Å²) < 4.78 is 47.3. The van der Waals surface area contributed by atoms with Crippen molar-refractivity contribution in [2.75, 3.05) is 23.4 Å². The third-order valence-corrected chi connectivity index (χ3v) is 4.94. The van der Waals surface area contributed by atoms with Gasteiger partial charge < -0.3 is 15.0 Å². The van der Waals surface area contributed by atoms with Crippen LogP contribution in [0.1, 0.15) is 18.4 Å². The van der Waals surface area contributed by atoms with E-state index in [-0.39, 0.29) is 17.3 Å². The third kappa shape index (κ3) is 4.74. The van der Waals surface area contributed by atoms with Crippen molar-refractivity contribution in [1.29, 1.82) is 0 Å². The highest BCUT2D eigenvalue weighted by Crippen LogP contribution is 2.36. The van der Waals surface area contributed by atoms with E-state index >= 15 is 0 Å². The van der Waals surface area contributed by atoms with Crippen molar-refractivity contribution in [2.45, 2.75) is 19.0 Å². The zero-order valence-corrected chi connectivity index (χ0v) is 16.8. The number of alkyl halides is 3. The number of rotatable bonds is 6. The zero-order chi connectivity index (χ0) is 22.7. The van der Waals surface area contributed by atoms with Gasteiger partial charge in [-0.2, -0.15) is 18.3 Å². The summed E-state index contributed by atoms with van der Waals surface area (Å²) in [5.74, 6) is -0.321. The average Bonchev–Trinajstić information content (AvgIpc) is 3.44. The summed E-state index contributed by atoms with van der Waals surface area (Å²) in [5.41, 5.74) is -0.409. The highest BCUT2D eigenvalue weighted by atomic mass is 19.4. The second-order valence-electron chi connectivity index (χ2n) is 7.16. The van der Waals surface area contributed by atoms with Crippen LogP contribution in [0.15, 0.2) is 60.9 Å². The molecule has 1 fully saturated rings. The molecular weight excluding hydrogens is 425 g/mol. The number of aromatic nitrogens is 2. The lowest BCUT2D eigenvalue weighted by Crippen LogP contribution is -2.23. The predicted octanol–water partition coefficient (Wildman–Crippen LogP) is 4.04. The molecule has 0 bridgehead atoms. The number of nitrogens with zero attached hydrogens (tertiary/aromatic N) is 3. The molecule has 0 aliphatic carbocycles. The Morgan fingerprint density at radius 2 is 1.88 bits per heavy atom. The van der Waals surface area contributed by atoms with Gasteiger partial charge in [-0.1, -0.05) is 0 Å². The molecule has 0 spiro atoms. The molecular formula is C22H19F3N4O3. The molecule has 1 aliphatic heterocycles. The Morgan fingerprint density at radius 3 is 2.50 bits per heavy atom. The first-order valence-corrected chi connectivity index (χ1v) is 9.85. The van der Waals surface area contributed by atoms with Crippen LogP contribution >= 0.6 is 0 Å². The first-order valence-electron chi connectivity index (χ1n) is 9.85. The highest BCUT2D eigenvalue weighted by Gasteiger charge is 2.34. The Balaban J connectivity index is 1.41. The quantitative estimate of drug-likeness (QED) is 0.623. The van der Waals surface area contributed by atoms with Gasteiger partial charge in [-0.05, 0) is 55.0 Å². The van der Waals surface area contributed by atoms with E-state index in [0.29, 0.717) is 18.7 Å². The fourth-order valence-electron chi connectivity index (χ4n) is 3.42. The van der Waals surface area contributed by atoms with Crippen LogP contribution in [0.4, 0.5) is 24.5 Å². The summed E-state index contributed by atoms with van der Waals surface area (Å²) in [6.07, 6.45) is -0.376. The summed E-state index contributed by atoms with van der Waals surface area (Å²) in [6.45, 7) is 0.183. The van der Waals surface area contributed by atoms with Crippen molar-refractivity contribution >= 4 is 23.2 Å². The Labute approximate surface area is 181 Å². The van der Waals surface area contributed by atoms with Gasteiger partial charge >= 0.3 is 6.18 Å². The van der Waals surface area contributed by atoms with Gasteiger partial charge in [-0.25, -0.2) is 4.68 Å². The van der Waals surface area contributed by atoms with E-state index in [4.69, 9.17) is 4.74 Å². The predicted molar refractivity (Wildman–Crippen MR) is 111 cm³/mol. The monoisotopic (exact) mass is 444 g/mol. The highest BCUT2D eigenvalue weighted by molar-refractivity contribution is 5.95. The molecule has 2 heterocycles. The largest absolute Gasteiger partial charge is 0.484 e. The van der Waals surface area contributed by atoms with Crippen molar-refractivity contribution in [3.05, 3.63) is 66.5 Å². The number of ether oxygens (including phenoxy) is 1. The number of amides is 2. The average molecular weight is 444 g/mol. The SMILES string of the molecule is O=C(COc1ccc(N2CCCC2=O)cc1)Nc1ccc(-n2cccn2)cc1C(F)(F)F. The van der Waals surface area contributed by atoms with Crippen LogP contribution in [0.2, 0.25) is 0 Å². The Morgan fingerprint density at radius 1 is 1.12 bits per heavy atom. The van der Waals surface area contributed by atoms with Gasteiger partial charge in [0.2, 0.25) is 5.91 Å². The number of hydrogen-bond acceptors (Lipinski definition) is 4. The molecule has 0 saturated carbocycles. The number of carbonyl (C=O) groups is 2. The second-order valence-corrected chi connectivity index (χ2v) is 7.16. The fraction of sp³-hybridized carbons (Fsp3) is 0.227. The van der Waals surface area contributed by atoms with Gasteiger partial charge in [0, 0.05) is 31.0 Å². The van der Waals surface area contributed by atoms with Crippen molar-refractivity contribution in [2.24, 2.45) is 0 Å². The van der Waals surface area contributed by atoms with E-state index in [9.17, 15) is 22.8 Å². The molecule has 166 valence electrons. The Bertz CT molecular complexity index is 1110. The van der Waals surface area contributed by atoms with E-state index in [0.717, 1.165) is 18.2 Å². The molecule has 7 nitrogen and oxygen atoms in total. The number of carbonyl (C=O) groups excluding carboxylic acids is 2. The number of benzene rings is 2. The summed E-state index contributed by atoms with van der Waals surface area (Å²) in [5, 5.41) is 6.17. The number of nitrogens with one attached hydrogen (secondary N) is 1.